The fraction of sp³-hybridized carbons (Fsp3) is 0.167. The first-order chi connectivity index (χ1) is 7.52. The lowest BCUT2D eigenvalue weighted by Gasteiger charge is -2.09. The van der Waals surface area contributed by atoms with E-state index < -0.39 is 5.97 Å². The van der Waals surface area contributed by atoms with E-state index in [1.54, 1.807) is 25.1 Å². The fourth-order valence-corrected chi connectivity index (χ4v) is 2.07. The molecule has 0 saturated heterocycles. The van der Waals surface area contributed by atoms with Gasteiger partial charge in [0.25, 0.3) is 0 Å². The number of rotatable bonds is 1. The molecule has 0 aliphatic heterocycles. The normalized spacial score (nSPS) is 10.7. The van der Waals surface area contributed by atoms with Gasteiger partial charge in [0.1, 0.15) is 0 Å². The summed E-state index contributed by atoms with van der Waals surface area (Å²) in [5, 5.41) is 10.4. The van der Waals surface area contributed by atoms with Gasteiger partial charge in [-0.1, -0.05) is 17.7 Å². The van der Waals surface area contributed by atoms with Gasteiger partial charge in [-0.05, 0) is 37.1 Å². The van der Waals surface area contributed by atoms with Crippen LogP contribution in [-0.4, -0.2) is 16.1 Å². The molecule has 1 aromatic carbocycles. The van der Waals surface area contributed by atoms with Crippen LogP contribution in [0, 0.1) is 13.8 Å². The minimum absolute atomic E-state index is 0.0901. The van der Waals surface area contributed by atoms with Crippen molar-refractivity contribution in [1.82, 2.24) is 4.98 Å². The van der Waals surface area contributed by atoms with Crippen molar-refractivity contribution in [3.8, 4) is 0 Å². The summed E-state index contributed by atoms with van der Waals surface area (Å²) in [4.78, 5) is 15.1. The van der Waals surface area contributed by atoms with Crippen molar-refractivity contribution in [2.24, 2.45) is 0 Å². The van der Waals surface area contributed by atoms with Gasteiger partial charge >= 0.3 is 5.97 Å². The Hall–Kier alpha value is -1.61. The number of carbonyl (C=O) groups is 1. The van der Waals surface area contributed by atoms with Gasteiger partial charge in [-0.25, -0.2) is 9.78 Å². The van der Waals surface area contributed by atoms with Crippen LogP contribution in [0.2, 0.25) is 5.02 Å². The molecule has 82 valence electrons. The van der Waals surface area contributed by atoms with Crippen molar-refractivity contribution in [3.63, 3.8) is 0 Å². The molecule has 1 N–H and O–H groups in total. The molecule has 0 radical (unpaired) electrons. The third kappa shape index (κ3) is 1.53. The molecule has 1 heterocycles. The van der Waals surface area contributed by atoms with Crippen molar-refractivity contribution >= 4 is 28.5 Å². The van der Waals surface area contributed by atoms with E-state index in [0.717, 1.165) is 10.9 Å². The zero-order chi connectivity index (χ0) is 11.9. The van der Waals surface area contributed by atoms with Crippen LogP contribution in [0.15, 0.2) is 18.2 Å². The predicted molar refractivity (Wildman–Crippen MR) is 63.2 cm³/mol. The zero-order valence-corrected chi connectivity index (χ0v) is 9.67. The van der Waals surface area contributed by atoms with Crippen LogP contribution < -0.4 is 0 Å². The number of aromatic carboxylic acids is 1. The highest BCUT2D eigenvalue weighted by Crippen LogP contribution is 2.28. The van der Waals surface area contributed by atoms with Crippen LogP contribution in [0.4, 0.5) is 0 Å². The molecule has 0 spiro atoms. The molecule has 4 heteroatoms. The molecule has 0 aliphatic carbocycles. The third-order valence-electron chi connectivity index (χ3n) is 2.72. The van der Waals surface area contributed by atoms with Gasteiger partial charge in [-0.2, -0.15) is 0 Å². The van der Waals surface area contributed by atoms with Crippen LogP contribution in [0.25, 0.3) is 10.9 Å². The predicted octanol–water partition coefficient (Wildman–Crippen LogP) is 3.20. The summed E-state index contributed by atoms with van der Waals surface area (Å²) in [6.07, 6.45) is 0. The Morgan fingerprint density at radius 3 is 2.62 bits per heavy atom. The Labute approximate surface area is 97.7 Å². The molecule has 2 rings (SSSR count). The largest absolute Gasteiger partial charge is 0.477 e. The minimum atomic E-state index is -1.01. The molecule has 0 atom stereocenters. The highest BCUT2D eigenvalue weighted by atomic mass is 35.5. The summed E-state index contributed by atoms with van der Waals surface area (Å²) in [6, 6.07) is 5.30. The number of hydrogen-bond donors (Lipinski definition) is 1. The molecule has 0 unspecified atom stereocenters. The van der Waals surface area contributed by atoms with Gasteiger partial charge in [-0.3, -0.25) is 0 Å². The monoisotopic (exact) mass is 235 g/mol. The number of benzene rings is 1. The molecule has 0 amide bonds. The Bertz CT molecular complexity index is 593. The second-order valence-electron chi connectivity index (χ2n) is 3.65. The number of pyridine rings is 1. The second-order valence-corrected chi connectivity index (χ2v) is 4.06. The topological polar surface area (TPSA) is 50.2 Å². The lowest BCUT2D eigenvalue weighted by atomic mass is 10.0. The first-order valence-electron chi connectivity index (χ1n) is 4.81. The van der Waals surface area contributed by atoms with Crippen molar-refractivity contribution < 1.29 is 9.90 Å². The average Bonchev–Trinajstić information content (AvgIpc) is 2.22. The molecule has 16 heavy (non-hydrogen) atoms. The van der Waals surface area contributed by atoms with Crippen LogP contribution in [0.5, 0.6) is 0 Å². The molecule has 1 aromatic heterocycles. The second kappa shape index (κ2) is 3.76. The Balaban J connectivity index is 2.94. The quantitative estimate of drug-likeness (QED) is 0.826. The lowest BCUT2D eigenvalue weighted by molar-refractivity contribution is 0.0690. The standard InChI is InChI=1S/C12H10ClNO2/c1-6-7(2)11(12(15)16)14-9-5-3-4-8(13)10(6)9/h3-5H,1-2H3,(H,15,16). The van der Waals surface area contributed by atoms with Gasteiger partial charge in [-0.15, -0.1) is 0 Å². The number of carboxylic acid groups (broad SMARTS) is 1. The van der Waals surface area contributed by atoms with Crippen LogP contribution in [0.1, 0.15) is 21.6 Å². The van der Waals surface area contributed by atoms with E-state index in [-0.39, 0.29) is 5.69 Å². The Kier molecular flexibility index (Phi) is 2.56. The maximum absolute atomic E-state index is 11.0. The maximum Gasteiger partial charge on any atom is 0.354 e. The van der Waals surface area contributed by atoms with Crippen LogP contribution >= 0.6 is 11.6 Å². The molecule has 3 nitrogen and oxygen atoms in total. The number of hydrogen-bond acceptors (Lipinski definition) is 2. The number of carboxylic acids is 1. The number of aromatic nitrogens is 1. The zero-order valence-electron chi connectivity index (χ0n) is 8.91. The van der Waals surface area contributed by atoms with Gasteiger partial charge in [0.2, 0.25) is 0 Å². The van der Waals surface area contributed by atoms with Crippen LogP contribution in [0.3, 0.4) is 0 Å². The molecule has 0 saturated carbocycles. The Morgan fingerprint density at radius 1 is 1.31 bits per heavy atom. The summed E-state index contributed by atoms with van der Waals surface area (Å²) in [6.45, 7) is 3.60. The van der Waals surface area contributed by atoms with Crippen molar-refractivity contribution in [3.05, 3.63) is 40.0 Å². The summed E-state index contributed by atoms with van der Waals surface area (Å²) < 4.78 is 0. The molecule has 0 bridgehead atoms. The summed E-state index contributed by atoms with van der Waals surface area (Å²) in [5.41, 5.74) is 2.24. The number of fused-ring (bicyclic) bond motifs is 1. The highest BCUT2D eigenvalue weighted by molar-refractivity contribution is 6.35. The summed E-state index contributed by atoms with van der Waals surface area (Å²) in [7, 11) is 0. The van der Waals surface area contributed by atoms with Crippen molar-refractivity contribution in [2.45, 2.75) is 13.8 Å². The number of halogens is 1. The van der Waals surface area contributed by atoms with Gasteiger partial charge in [0.15, 0.2) is 5.69 Å². The van der Waals surface area contributed by atoms with E-state index >= 15 is 0 Å². The SMILES string of the molecule is Cc1c(C(=O)O)nc2cccc(Cl)c2c1C. The van der Waals surface area contributed by atoms with Gasteiger partial charge in [0, 0.05) is 5.39 Å². The number of nitrogens with zero attached hydrogens (tertiary/aromatic N) is 1. The minimum Gasteiger partial charge on any atom is -0.477 e. The van der Waals surface area contributed by atoms with E-state index in [1.165, 1.54) is 0 Å². The van der Waals surface area contributed by atoms with E-state index in [0.29, 0.717) is 16.1 Å². The van der Waals surface area contributed by atoms with Crippen molar-refractivity contribution in [2.75, 3.05) is 0 Å². The fourth-order valence-electron chi connectivity index (χ4n) is 1.75. The van der Waals surface area contributed by atoms with Gasteiger partial charge in [0.05, 0.1) is 10.5 Å². The third-order valence-corrected chi connectivity index (χ3v) is 3.03. The molecule has 2 aromatic rings. The molecular formula is C12H10ClNO2. The first-order valence-corrected chi connectivity index (χ1v) is 5.19. The molecule has 0 aliphatic rings. The lowest BCUT2D eigenvalue weighted by Crippen LogP contribution is -2.05. The maximum atomic E-state index is 11.0. The highest BCUT2D eigenvalue weighted by Gasteiger charge is 2.15. The number of aryl methyl sites for hydroxylation is 1. The summed E-state index contributed by atoms with van der Waals surface area (Å²) in [5.74, 6) is -1.01. The molecule has 0 fully saturated rings. The van der Waals surface area contributed by atoms with E-state index in [4.69, 9.17) is 16.7 Å². The van der Waals surface area contributed by atoms with Gasteiger partial charge < -0.3 is 5.11 Å². The van der Waals surface area contributed by atoms with E-state index in [1.807, 2.05) is 6.92 Å². The van der Waals surface area contributed by atoms with Crippen LogP contribution in [-0.2, 0) is 0 Å². The summed E-state index contributed by atoms with van der Waals surface area (Å²) >= 11 is 6.08. The van der Waals surface area contributed by atoms with Crippen molar-refractivity contribution in [1.29, 1.82) is 0 Å². The molecular weight excluding hydrogens is 226 g/mol. The van der Waals surface area contributed by atoms with E-state index in [9.17, 15) is 4.79 Å². The smallest absolute Gasteiger partial charge is 0.354 e. The van der Waals surface area contributed by atoms with E-state index in [2.05, 4.69) is 4.98 Å². The Morgan fingerprint density at radius 2 is 2.00 bits per heavy atom. The first kappa shape index (κ1) is 10.9. The average molecular weight is 236 g/mol.